The number of fused-ring (bicyclic) bond motifs is 5. The summed E-state index contributed by atoms with van der Waals surface area (Å²) in [4.78, 5) is 2.19. The molecule has 0 amide bonds. The molecule has 3 aliphatic carbocycles. The Hall–Kier alpha value is -0.440. The van der Waals surface area contributed by atoms with Gasteiger partial charge >= 0.3 is 0 Å². The predicted molar refractivity (Wildman–Crippen MR) is 86.5 cm³/mol. The minimum atomic E-state index is 0. The number of guanidine groups is 1. The van der Waals surface area contributed by atoms with Gasteiger partial charge in [0.1, 0.15) is 0 Å². The van der Waals surface area contributed by atoms with Crippen LogP contribution >= 0.6 is 12.4 Å². The molecule has 0 aromatic carbocycles. The average Bonchev–Trinajstić information content (AvgIpc) is 2.79. The average molecular weight is 310 g/mol. The predicted octanol–water partition coefficient (Wildman–Crippen LogP) is 3.23. The molecule has 4 fully saturated rings. The SMILES string of the molecule is CC12CC34CN(C(=N)N)CC35CC1(C)C(C)(C5)C2(C)C4.Cl. The molecule has 3 saturated carbocycles. The van der Waals surface area contributed by atoms with E-state index in [1.54, 1.807) is 0 Å². The maximum atomic E-state index is 7.90. The van der Waals surface area contributed by atoms with E-state index in [9.17, 15) is 0 Å². The van der Waals surface area contributed by atoms with Gasteiger partial charge in [-0.05, 0) is 58.2 Å². The molecule has 21 heavy (non-hydrogen) atoms. The zero-order valence-corrected chi connectivity index (χ0v) is 14.5. The van der Waals surface area contributed by atoms with Crippen molar-refractivity contribution >= 4 is 18.4 Å². The number of nitrogens with two attached hydrogens (primary N) is 1. The van der Waals surface area contributed by atoms with Gasteiger partial charge in [-0.15, -0.1) is 12.4 Å². The number of rotatable bonds is 0. The highest BCUT2D eigenvalue weighted by molar-refractivity contribution is 5.85. The molecule has 3 N–H and O–H groups in total. The second kappa shape index (κ2) is 2.98. The molecule has 3 nitrogen and oxygen atoms in total. The third kappa shape index (κ3) is 0.885. The molecule has 118 valence electrons. The fraction of sp³-hybridized carbons (Fsp3) is 0.941. The summed E-state index contributed by atoms with van der Waals surface area (Å²) in [5.74, 6) is 0.302. The Morgan fingerprint density at radius 1 is 0.810 bits per heavy atom. The molecule has 0 unspecified atom stereocenters. The van der Waals surface area contributed by atoms with E-state index in [0.717, 1.165) is 13.1 Å². The standard InChI is InChI=1S/C17H27N3.ClH/c1-12-5-16-6-13(12,2)15(4)8-17(16,7-14(12,15)3)10-20(9-16)11(18)19;/h5-10H2,1-4H3,(H3,18,19);1H. The first-order valence-corrected chi connectivity index (χ1v) is 8.18. The fourth-order valence-electron chi connectivity index (χ4n) is 9.03. The second-order valence-electron chi connectivity index (χ2n) is 9.84. The van der Waals surface area contributed by atoms with Crippen molar-refractivity contribution in [3.05, 3.63) is 0 Å². The van der Waals surface area contributed by atoms with Crippen molar-refractivity contribution in [3.63, 3.8) is 0 Å². The zero-order valence-electron chi connectivity index (χ0n) is 13.7. The molecule has 1 heterocycles. The van der Waals surface area contributed by atoms with Crippen LogP contribution in [0.15, 0.2) is 0 Å². The normalized spacial score (nSPS) is 65.0. The summed E-state index contributed by atoms with van der Waals surface area (Å²) < 4.78 is 0. The van der Waals surface area contributed by atoms with Crippen molar-refractivity contribution in [1.29, 1.82) is 5.41 Å². The Morgan fingerprint density at radius 2 is 1.10 bits per heavy atom. The molecule has 0 aromatic rings. The van der Waals surface area contributed by atoms with Gasteiger partial charge in [0.25, 0.3) is 0 Å². The Balaban J connectivity index is 0.00000115. The lowest BCUT2D eigenvalue weighted by Crippen LogP contribution is -2.70. The van der Waals surface area contributed by atoms with Gasteiger partial charge in [-0.25, -0.2) is 0 Å². The molecule has 0 radical (unpaired) electrons. The highest BCUT2D eigenvalue weighted by atomic mass is 35.5. The topological polar surface area (TPSA) is 53.1 Å². The van der Waals surface area contributed by atoms with Crippen LogP contribution in [0.25, 0.3) is 0 Å². The van der Waals surface area contributed by atoms with Crippen molar-refractivity contribution in [2.45, 2.75) is 53.4 Å². The molecular formula is C17H28ClN3. The fourth-order valence-corrected chi connectivity index (χ4v) is 9.03. The molecule has 4 heteroatoms. The number of nitrogens with zero attached hydrogens (tertiary/aromatic N) is 1. The highest BCUT2D eigenvalue weighted by Crippen LogP contribution is 3.00. The van der Waals surface area contributed by atoms with Crippen LogP contribution in [0.3, 0.4) is 0 Å². The van der Waals surface area contributed by atoms with E-state index >= 15 is 0 Å². The monoisotopic (exact) mass is 309 g/mol. The van der Waals surface area contributed by atoms with E-state index in [4.69, 9.17) is 11.1 Å². The van der Waals surface area contributed by atoms with Crippen molar-refractivity contribution in [2.75, 3.05) is 13.1 Å². The first-order chi connectivity index (χ1) is 9.09. The quantitative estimate of drug-likeness (QED) is 0.533. The third-order valence-corrected chi connectivity index (χ3v) is 10.1. The van der Waals surface area contributed by atoms with Crippen LogP contribution < -0.4 is 5.73 Å². The Morgan fingerprint density at radius 3 is 1.33 bits per heavy atom. The number of halogens is 1. The summed E-state index contributed by atoms with van der Waals surface area (Å²) in [6.45, 7) is 12.4. The first-order valence-electron chi connectivity index (χ1n) is 8.18. The maximum absolute atomic E-state index is 7.90. The van der Waals surface area contributed by atoms with E-state index in [-0.39, 0.29) is 12.4 Å². The van der Waals surface area contributed by atoms with Gasteiger partial charge in [-0.3, -0.25) is 5.41 Å². The van der Waals surface area contributed by atoms with Gasteiger partial charge in [0.2, 0.25) is 0 Å². The Bertz CT molecular complexity index is 497. The maximum Gasteiger partial charge on any atom is 0.188 e. The van der Waals surface area contributed by atoms with E-state index < -0.39 is 0 Å². The molecule has 0 aromatic heterocycles. The molecule has 1 aliphatic heterocycles. The van der Waals surface area contributed by atoms with Gasteiger partial charge in [-0.2, -0.15) is 0 Å². The number of likely N-dealkylation sites (tertiary alicyclic amines) is 1. The van der Waals surface area contributed by atoms with Crippen LogP contribution in [0.4, 0.5) is 0 Å². The second-order valence-corrected chi connectivity index (χ2v) is 9.84. The highest BCUT2D eigenvalue weighted by Gasteiger charge is 2.94. The molecule has 0 bridgehead atoms. The van der Waals surface area contributed by atoms with Crippen LogP contribution in [0.1, 0.15) is 53.4 Å². The first kappa shape index (κ1) is 14.2. The summed E-state index contributed by atoms with van der Waals surface area (Å²) in [5, 5.41) is 7.90. The van der Waals surface area contributed by atoms with Crippen LogP contribution in [-0.4, -0.2) is 23.9 Å². The van der Waals surface area contributed by atoms with Gasteiger partial charge in [0.05, 0.1) is 0 Å². The molecule has 2 spiro atoms. The third-order valence-electron chi connectivity index (χ3n) is 10.1. The number of nitrogens with one attached hydrogen (secondary N) is 1. The van der Waals surface area contributed by atoms with Crippen molar-refractivity contribution < 1.29 is 0 Å². The lowest BCUT2D eigenvalue weighted by molar-refractivity contribution is -0.283. The largest absolute Gasteiger partial charge is 0.370 e. The molecule has 1 saturated heterocycles. The lowest BCUT2D eigenvalue weighted by atomic mass is 9.28. The summed E-state index contributed by atoms with van der Waals surface area (Å²) >= 11 is 0. The van der Waals surface area contributed by atoms with Crippen LogP contribution in [0, 0.1) is 37.9 Å². The zero-order chi connectivity index (χ0) is 14.4. The summed E-state index contributed by atoms with van der Waals surface area (Å²) in [7, 11) is 0. The summed E-state index contributed by atoms with van der Waals surface area (Å²) in [6.07, 6.45) is 5.53. The molecule has 0 atom stereocenters. The van der Waals surface area contributed by atoms with Crippen LogP contribution in [0.2, 0.25) is 0 Å². The van der Waals surface area contributed by atoms with Gasteiger partial charge in [0, 0.05) is 13.1 Å². The molecule has 4 rings (SSSR count). The van der Waals surface area contributed by atoms with Gasteiger partial charge in [-0.1, -0.05) is 27.7 Å². The van der Waals surface area contributed by atoms with Gasteiger partial charge in [0.15, 0.2) is 5.96 Å². The van der Waals surface area contributed by atoms with E-state index in [2.05, 4.69) is 32.6 Å². The van der Waals surface area contributed by atoms with Crippen molar-refractivity contribution in [1.82, 2.24) is 4.90 Å². The van der Waals surface area contributed by atoms with E-state index in [1.807, 2.05) is 0 Å². The molecule has 4 aliphatic rings. The lowest BCUT2D eigenvalue weighted by Gasteiger charge is -2.76. The van der Waals surface area contributed by atoms with Gasteiger partial charge < -0.3 is 10.6 Å². The van der Waals surface area contributed by atoms with E-state index in [1.165, 1.54) is 25.7 Å². The number of hydrogen-bond acceptors (Lipinski definition) is 1. The van der Waals surface area contributed by atoms with Crippen molar-refractivity contribution in [2.24, 2.45) is 38.2 Å². The van der Waals surface area contributed by atoms with Crippen LogP contribution in [-0.2, 0) is 0 Å². The van der Waals surface area contributed by atoms with Crippen LogP contribution in [0.5, 0.6) is 0 Å². The Kier molecular flexibility index (Phi) is 2.01. The summed E-state index contributed by atoms with van der Waals surface area (Å²) in [5.41, 5.74) is 8.83. The van der Waals surface area contributed by atoms with Crippen molar-refractivity contribution in [3.8, 4) is 0 Å². The minimum absolute atomic E-state index is 0. The summed E-state index contributed by atoms with van der Waals surface area (Å²) in [6, 6.07) is 0. The minimum Gasteiger partial charge on any atom is -0.370 e. The molecular weight excluding hydrogens is 282 g/mol. The smallest absolute Gasteiger partial charge is 0.188 e. The van der Waals surface area contributed by atoms with E-state index in [0.29, 0.717) is 38.4 Å². The number of hydrogen-bond donors (Lipinski definition) is 2. The Labute approximate surface area is 133 Å².